The molecule has 1 aromatic heterocycles. The van der Waals surface area contributed by atoms with E-state index in [0.717, 1.165) is 0 Å². The van der Waals surface area contributed by atoms with Gasteiger partial charge in [0.15, 0.2) is 0 Å². The van der Waals surface area contributed by atoms with E-state index in [1.807, 2.05) is 0 Å². The second-order valence-electron chi connectivity index (χ2n) is 5.04. The maximum Gasteiger partial charge on any atom is 0.338 e. The van der Waals surface area contributed by atoms with Crippen LogP contribution in [-0.4, -0.2) is 27.3 Å². The molecular weight excluding hydrogens is 299 g/mol. The number of fused-ring (bicyclic) bond motifs is 1. The van der Waals surface area contributed by atoms with E-state index in [4.69, 9.17) is 4.74 Å². The van der Waals surface area contributed by atoms with Gasteiger partial charge >= 0.3 is 5.97 Å². The molecule has 0 radical (unpaired) electrons. The number of rotatable bonds is 4. The van der Waals surface area contributed by atoms with Crippen LogP contribution in [0.15, 0.2) is 54.5 Å². The number of allylic oxidation sites excluding steroid dienone is 1. The summed E-state index contributed by atoms with van der Waals surface area (Å²) in [5.41, 5.74) is 1.53. The first kappa shape index (κ1) is 15.0. The van der Waals surface area contributed by atoms with Gasteiger partial charge < -0.3 is 10.1 Å². The van der Waals surface area contributed by atoms with Gasteiger partial charge in [-0.1, -0.05) is 24.8 Å². The van der Waals surface area contributed by atoms with Crippen LogP contribution in [-0.2, 0) is 9.53 Å². The minimum Gasteiger partial charge on any atom is -0.458 e. The number of hydrogen-bond acceptors (Lipinski definition) is 5. The van der Waals surface area contributed by atoms with Crippen molar-refractivity contribution in [1.29, 1.82) is 0 Å². The van der Waals surface area contributed by atoms with Crippen molar-refractivity contribution in [2.24, 2.45) is 0 Å². The molecule has 23 heavy (non-hydrogen) atoms. The van der Waals surface area contributed by atoms with Crippen molar-refractivity contribution < 1.29 is 13.9 Å². The third kappa shape index (κ3) is 2.73. The van der Waals surface area contributed by atoms with Gasteiger partial charge in [-0.2, -0.15) is 10.1 Å². The summed E-state index contributed by atoms with van der Waals surface area (Å²) in [5.74, 6) is -0.415. The quantitative estimate of drug-likeness (QED) is 0.693. The molecule has 0 saturated carbocycles. The first-order valence-electron chi connectivity index (χ1n) is 7.02. The molecular formula is C16H15FN4O2. The second-order valence-corrected chi connectivity index (χ2v) is 5.04. The number of nitrogens with zero attached hydrogens (tertiary/aromatic N) is 3. The number of benzene rings is 1. The van der Waals surface area contributed by atoms with Crippen LogP contribution in [0.1, 0.15) is 18.5 Å². The number of ether oxygens (including phenoxy) is 1. The molecule has 0 spiro atoms. The summed E-state index contributed by atoms with van der Waals surface area (Å²) in [6.45, 7) is 5.37. The molecule has 2 aromatic rings. The minimum atomic E-state index is -0.609. The fourth-order valence-electron chi connectivity index (χ4n) is 2.55. The van der Waals surface area contributed by atoms with E-state index in [9.17, 15) is 9.18 Å². The van der Waals surface area contributed by atoms with E-state index in [0.29, 0.717) is 22.8 Å². The number of esters is 1. The lowest BCUT2D eigenvalue weighted by atomic mass is 9.96. The van der Waals surface area contributed by atoms with Crippen LogP contribution in [0, 0.1) is 5.82 Å². The Hall–Kier alpha value is -2.96. The van der Waals surface area contributed by atoms with Gasteiger partial charge in [0.05, 0.1) is 5.57 Å². The van der Waals surface area contributed by atoms with Crippen molar-refractivity contribution in [3.05, 3.63) is 65.9 Å². The number of anilines is 1. The summed E-state index contributed by atoms with van der Waals surface area (Å²) in [4.78, 5) is 16.6. The summed E-state index contributed by atoms with van der Waals surface area (Å²) in [7, 11) is 0. The number of hydrogen-bond donors (Lipinski definition) is 1. The monoisotopic (exact) mass is 314 g/mol. The number of nitrogens with one attached hydrogen (secondary N) is 1. The van der Waals surface area contributed by atoms with Gasteiger partial charge in [0.2, 0.25) is 5.95 Å². The van der Waals surface area contributed by atoms with Crippen LogP contribution in [0.2, 0.25) is 0 Å². The predicted molar refractivity (Wildman–Crippen MR) is 82.0 cm³/mol. The average Bonchev–Trinajstić information content (AvgIpc) is 2.99. The Morgan fingerprint density at radius 1 is 1.57 bits per heavy atom. The first-order chi connectivity index (χ1) is 11.1. The highest BCUT2D eigenvalue weighted by molar-refractivity contribution is 5.92. The number of carbonyl (C=O) groups is 1. The Morgan fingerprint density at radius 2 is 2.39 bits per heavy atom. The highest BCUT2D eigenvalue weighted by atomic mass is 19.1. The van der Waals surface area contributed by atoms with E-state index in [1.165, 1.54) is 29.2 Å². The lowest BCUT2D eigenvalue weighted by Gasteiger charge is -2.28. The lowest BCUT2D eigenvalue weighted by Crippen LogP contribution is -2.29. The molecule has 1 aliphatic rings. The third-order valence-electron chi connectivity index (χ3n) is 3.51. The number of aromatic nitrogens is 3. The number of carbonyl (C=O) groups excluding carboxylic acids is 1. The van der Waals surface area contributed by atoms with Gasteiger partial charge in [-0.25, -0.2) is 13.9 Å². The molecule has 118 valence electrons. The smallest absolute Gasteiger partial charge is 0.338 e. The van der Waals surface area contributed by atoms with Crippen molar-refractivity contribution >= 4 is 11.9 Å². The topological polar surface area (TPSA) is 69.0 Å². The summed E-state index contributed by atoms with van der Waals surface area (Å²) in [6, 6.07) is 5.43. The van der Waals surface area contributed by atoms with Gasteiger partial charge in [-0.05, 0) is 24.6 Å². The molecule has 0 aliphatic carbocycles. The summed E-state index contributed by atoms with van der Waals surface area (Å²) in [5, 5.41) is 7.16. The van der Waals surface area contributed by atoms with E-state index in [2.05, 4.69) is 22.0 Å². The maximum atomic E-state index is 13.6. The molecule has 0 saturated heterocycles. The normalized spacial score (nSPS) is 16.5. The van der Waals surface area contributed by atoms with Crippen LogP contribution < -0.4 is 5.32 Å². The Morgan fingerprint density at radius 3 is 3.13 bits per heavy atom. The highest BCUT2D eigenvalue weighted by Gasteiger charge is 2.34. The van der Waals surface area contributed by atoms with E-state index in [1.54, 1.807) is 19.1 Å². The van der Waals surface area contributed by atoms with Gasteiger partial charge in [-0.3, -0.25) is 0 Å². The van der Waals surface area contributed by atoms with Crippen molar-refractivity contribution in [2.75, 3.05) is 11.9 Å². The molecule has 0 amide bonds. The molecule has 1 unspecified atom stereocenters. The second kappa shape index (κ2) is 6.04. The van der Waals surface area contributed by atoms with Crippen molar-refractivity contribution in [2.45, 2.75) is 13.0 Å². The van der Waals surface area contributed by atoms with Crippen LogP contribution in [0.3, 0.4) is 0 Å². The van der Waals surface area contributed by atoms with Gasteiger partial charge in [0, 0.05) is 5.70 Å². The molecule has 1 aliphatic heterocycles. The molecule has 3 rings (SSSR count). The molecule has 1 atom stereocenters. The van der Waals surface area contributed by atoms with Crippen LogP contribution in [0.5, 0.6) is 0 Å². The molecule has 7 heteroatoms. The van der Waals surface area contributed by atoms with Crippen LogP contribution >= 0.6 is 0 Å². The van der Waals surface area contributed by atoms with Crippen LogP contribution in [0.25, 0.3) is 0 Å². The van der Waals surface area contributed by atoms with Crippen LogP contribution in [0.4, 0.5) is 10.3 Å². The third-order valence-corrected chi connectivity index (χ3v) is 3.51. The SMILES string of the molecule is C=CCOC(=O)C1=C(C)Nc2ncnn2C1c1cccc(F)c1. The molecule has 0 fully saturated rings. The van der Waals surface area contributed by atoms with Crippen molar-refractivity contribution in [1.82, 2.24) is 14.8 Å². The van der Waals surface area contributed by atoms with E-state index in [-0.39, 0.29) is 12.4 Å². The summed E-state index contributed by atoms with van der Waals surface area (Å²) < 4.78 is 20.3. The highest BCUT2D eigenvalue weighted by Crippen LogP contribution is 2.35. The first-order valence-corrected chi connectivity index (χ1v) is 7.02. The molecule has 1 N–H and O–H groups in total. The Bertz CT molecular complexity index is 797. The molecule has 1 aromatic carbocycles. The zero-order chi connectivity index (χ0) is 16.4. The van der Waals surface area contributed by atoms with Crippen molar-refractivity contribution in [3.63, 3.8) is 0 Å². The Balaban J connectivity index is 2.10. The standard InChI is InChI=1S/C16H15FN4O2/c1-3-7-23-15(22)13-10(2)20-16-18-9-19-21(16)14(13)11-5-4-6-12(17)8-11/h3-6,8-9,14H,1,7H2,2H3,(H,18,19,20). The predicted octanol–water partition coefficient (Wildman–Crippen LogP) is 2.44. The Labute approximate surface area is 132 Å². The van der Waals surface area contributed by atoms with Gasteiger partial charge in [-0.15, -0.1) is 0 Å². The average molecular weight is 314 g/mol. The Kier molecular flexibility index (Phi) is 3.92. The molecule has 0 bridgehead atoms. The number of halogens is 1. The van der Waals surface area contributed by atoms with Crippen molar-refractivity contribution in [3.8, 4) is 0 Å². The maximum absolute atomic E-state index is 13.6. The van der Waals surface area contributed by atoms with Gasteiger partial charge in [0.25, 0.3) is 0 Å². The fourth-order valence-corrected chi connectivity index (χ4v) is 2.55. The molecule has 2 heterocycles. The van der Waals surface area contributed by atoms with Gasteiger partial charge in [0.1, 0.15) is 24.8 Å². The minimum absolute atomic E-state index is 0.0930. The lowest BCUT2D eigenvalue weighted by molar-refractivity contribution is -0.138. The largest absolute Gasteiger partial charge is 0.458 e. The zero-order valence-electron chi connectivity index (χ0n) is 12.5. The summed E-state index contributed by atoms with van der Waals surface area (Å²) >= 11 is 0. The molecule has 6 nitrogen and oxygen atoms in total. The zero-order valence-corrected chi connectivity index (χ0v) is 12.5. The van der Waals surface area contributed by atoms with E-state index < -0.39 is 12.0 Å². The summed E-state index contributed by atoms with van der Waals surface area (Å²) in [6.07, 6.45) is 2.86. The fraction of sp³-hybridized carbons (Fsp3) is 0.188. The van der Waals surface area contributed by atoms with E-state index >= 15 is 0 Å².